The number of nitrogens with one attached hydrogen (secondary N) is 1. The van der Waals surface area contributed by atoms with Crippen LogP contribution in [0, 0.1) is 17.7 Å². The number of aromatic amines is 1. The minimum Gasteiger partial charge on any atom is -0.368 e. The van der Waals surface area contributed by atoms with Crippen molar-refractivity contribution in [1.29, 1.82) is 0 Å². The molecule has 2 aliphatic rings. The van der Waals surface area contributed by atoms with Crippen LogP contribution in [-0.4, -0.2) is 33.0 Å². The number of pyridine rings is 3. The molecule has 0 radical (unpaired) electrons. The van der Waals surface area contributed by atoms with Crippen molar-refractivity contribution in [2.45, 2.75) is 25.7 Å². The average Bonchev–Trinajstić information content (AvgIpc) is 3.55. The summed E-state index contributed by atoms with van der Waals surface area (Å²) in [6, 6.07) is 5.90. The average molecular weight is 387 g/mol. The topological polar surface area (TPSA) is 57.7 Å². The maximum absolute atomic E-state index is 15.1. The molecule has 0 bridgehead atoms. The number of H-pyrrole nitrogens is 1. The zero-order chi connectivity index (χ0) is 19.4. The molecule has 1 aliphatic heterocycles. The number of aromatic nitrogens is 4. The fraction of sp³-hybridized carbons (Fsp3) is 0.348. The van der Waals surface area contributed by atoms with Crippen molar-refractivity contribution in [3.8, 4) is 11.3 Å². The number of fused-ring (bicyclic) bond motifs is 3. The van der Waals surface area contributed by atoms with Gasteiger partial charge >= 0.3 is 0 Å². The van der Waals surface area contributed by atoms with Gasteiger partial charge in [-0.1, -0.05) is 0 Å². The standard InChI is InChI=1S/C23H22FN5/c24-18-12-27-23-21(22(18)29-8-5-15(6-9-29)14-3-4-14)17-10-19(26-13-20(17)28-23)16-2-1-7-25-11-16/h1-2,7,10-15H,3-6,8-9H2,(H,27,28). The Kier molecular flexibility index (Phi) is 3.79. The second kappa shape index (κ2) is 6.51. The Balaban J connectivity index is 1.48. The molecule has 0 amide bonds. The summed E-state index contributed by atoms with van der Waals surface area (Å²) in [5, 5.41) is 1.82. The summed E-state index contributed by atoms with van der Waals surface area (Å²) in [7, 11) is 0. The predicted octanol–water partition coefficient (Wildman–Crippen LogP) is 4.94. The molecule has 1 N–H and O–H groups in total. The molecule has 1 aliphatic carbocycles. The fourth-order valence-electron chi connectivity index (χ4n) is 4.86. The SMILES string of the molecule is Fc1cnc2[nH]c3cnc(-c4cccnc4)cc3c2c1N1CCC(C2CC2)CC1. The van der Waals surface area contributed by atoms with Crippen molar-refractivity contribution in [2.24, 2.45) is 11.8 Å². The molecule has 6 rings (SSSR count). The van der Waals surface area contributed by atoms with E-state index in [2.05, 4.69) is 24.8 Å². The van der Waals surface area contributed by atoms with Crippen LogP contribution in [0.3, 0.4) is 0 Å². The largest absolute Gasteiger partial charge is 0.368 e. The number of hydrogen-bond donors (Lipinski definition) is 1. The molecule has 0 atom stereocenters. The number of anilines is 1. The molecular weight excluding hydrogens is 365 g/mol. The summed E-state index contributed by atoms with van der Waals surface area (Å²) in [5.41, 5.74) is 4.04. The lowest BCUT2D eigenvalue weighted by Gasteiger charge is -2.34. The van der Waals surface area contributed by atoms with Gasteiger partial charge in [-0.05, 0) is 55.7 Å². The summed E-state index contributed by atoms with van der Waals surface area (Å²) in [6.45, 7) is 1.81. The number of piperidine rings is 1. The Labute approximate surface area is 168 Å². The van der Waals surface area contributed by atoms with Crippen molar-refractivity contribution >= 4 is 27.6 Å². The highest BCUT2D eigenvalue weighted by Crippen LogP contribution is 2.43. The van der Waals surface area contributed by atoms with E-state index in [0.29, 0.717) is 11.3 Å². The van der Waals surface area contributed by atoms with Crippen molar-refractivity contribution in [2.75, 3.05) is 18.0 Å². The van der Waals surface area contributed by atoms with Gasteiger partial charge in [-0.3, -0.25) is 9.97 Å². The van der Waals surface area contributed by atoms with Crippen LogP contribution >= 0.6 is 0 Å². The van der Waals surface area contributed by atoms with Gasteiger partial charge in [0.1, 0.15) is 5.65 Å². The molecule has 0 spiro atoms. The summed E-state index contributed by atoms with van der Waals surface area (Å²) in [6.07, 6.45) is 11.8. The van der Waals surface area contributed by atoms with E-state index in [0.717, 1.165) is 65.3 Å². The van der Waals surface area contributed by atoms with Gasteiger partial charge in [0, 0.05) is 36.4 Å². The van der Waals surface area contributed by atoms with Crippen molar-refractivity contribution < 1.29 is 4.39 Å². The van der Waals surface area contributed by atoms with E-state index in [1.807, 2.05) is 18.2 Å². The first-order valence-corrected chi connectivity index (χ1v) is 10.4. The highest BCUT2D eigenvalue weighted by Gasteiger charge is 2.34. The van der Waals surface area contributed by atoms with Crippen LogP contribution < -0.4 is 4.90 Å². The lowest BCUT2D eigenvalue weighted by Crippen LogP contribution is -2.35. The molecule has 1 saturated heterocycles. The van der Waals surface area contributed by atoms with Gasteiger partial charge in [0.25, 0.3) is 0 Å². The van der Waals surface area contributed by atoms with E-state index >= 15 is 4.39 Å². The molecule has 4 aromatic heterocycles. The predicted molar refractivity (Wildman–Crippen MR) is 112 cm³/mol. The van der Waals surface area contributed by atoms with Crippen molar-refractivity contribution in [3.63, 3.8) is 0 Å². The van der Waals surface area contributed by atoms with Crippen LogP contribution in [0.5, 0.6) is 0 Å². The molecule has 1 saturated carbocycles. The number of hydrogen-bond acceptors (Lipinski definition) is 4. The first-order valence-electron chi connectivity index (χ1n) is 10.4. The molecule has 29 heavy (non-hydrogen) atoms. The Morgan fingerprint density at radius 3 is 2.59 bits per heavy atom. The maximum Gasteiger partial charge on any atom is 0.165 e. The Bertz CT molecular complexity index is 1190. The van der Waals surface area contributed by atoms with Crippen LogP contribution in [0.2, 0.25) is 0 Å². The Morgan fingerprint density at radius 1 is 1.00 bits per heavy atom. The van der Waals surface area contributed by atoms with Crippen LogP contribution in [-0.2, 0) is 0 Å². The van der Waals surface area contributed by atoms with Gasteiger partial charge in [-0.15, -0.1) is 0 Å². The van der Waals surface area contributed by atoms with E-state index in [1.165, 1.54) is 19.0 Å². The lowest BCUT2D eigenvalue weighted by molar-refractivity contribution is 0.362. The monoisotopic (exact) mass is 387 g/mol. The molecular formula is C23H22FN5. The van der Waals surface area contributed by atoms with Crippen molar-refractivity contribution in [1.82, 2.24) is 19.9 Å². The number of halogens is 1. The summed E-state index contributed by atoms with van der Waals surface area (Å²) >= 11 is 0. The van der Waals surface area contributed by atoms with Gasteiger partial charge in [-0.25, -0.2) is 9.37 Å². The van der Waals surface area contributed by atoms with Gasteiger partial charge in [-0.2, -0.15) is 0 Å². The summed E-state index contributed by atoms with van der Waals surface area (Å²) in [5.74, 6) is 1.49. The van der Waals surface area contributed by atoms with Crippen LogP contribution in [0.15, 0.2) is 43.0 Å². The zero-order valence-electron chi connectivity index (χ0n) is 16.1. The summed E-state index contributed by atoms with van der Waals surface area (Å²) < 4.78 is 15.1. The fourth-order valence-corrected chi connectivity index (χ4v) is 4.86. The third-order valence-electron chi connectivity index (χ3n) is 6.54. The highest BCUT2D eigenvalue weighted by atomic mass is 19.1. The minimum absolute atomic E-state index is 0.247. The Hall–Kier alpha value is -3.02. The second-order valence-corrected chi connectivity index (χ2v) is 8.32. The quantitative estimate of drug-likeness (QED) is 0.541. The molecule has 0 unspecified atom stereocenters. The summed E-state index contributed by atoms with van der Waals surface area (Å²) in [4.78, 5) is 18.6. The maximum atomic E-state index is 15.1. The molecule has 5 nitrogen and oxygen atoms in total. The number of nitrogens with zero attached hydrogens (tertiary/aromatic N) is 4. The van der Waals surface area contributed by atoms with Crippen LogP contribution in [0.4, 0.5) is 10.1 Å². The van der Waals surface area contributed by atoms with E-state index in [1.54, 1.807) is 18.6 Å². The first-order chi connectivity index (χ1) is 14.3. The van der Waals surface area contributed by atoms with E-state index in [4.69, 9.17) is 0 Å². The molecule has 146 valence electrons. The third kappa shape index (κ3) is 2.85. The van der Waals surface area contributed by atoms with Crippen LogP contribution in [0.25, 0.3) is 33.2 Å². The molecule has 5 heterocycles. The van der Waals surface area contributed by atoms with E-state index < -0.39 is 0 Å². The van der Waals surface area contributed by atoms with Crippen molar-refractivity contribution in [3.05, 3.63) is 48.8 Å². The smallest absolute Gasteiger partial charge is 0.165 e. The van der Waals surface area contributed by atoms with E-state index in [9.17, 15) is 0 Å². The van der Waals surface area contributed by atoms with E-state index in [-0.39, 0.29) is 5.82 Å². The first kappa shape index (κ1) is 16.9. The minimum atomic E-state index is -0.247. The lowest BCUT2D eigenvalue weighted by atomic mass is 9.91. The van der Waals surface area contributed by atoms with Gasteiger partial charge in [0.15, 0.2) is 5.82 Å². The molecule has 2 fully saturated rings. The second-order valence-electron chi connectivity index (χ2n) is 8.32. The van der Waals surface area contributed by atoms with Gasteiger partial charge in [0.2, 0.25) is 0 Å². The molecule has 6 heteroatoms. The molecule has 4 aromatic rings. The normalized spacial score (nSPS) is 18.0. The van der Waals surface area contributed by atoms with Gasteiger partial charge < -0.3 is 9.88 Å². The molecule has 0 aromatic carbocycles. The highest BCUT2D eigenvalue weighted by molar-refractivity contribution is 6.12. The third-order valence-corrected chi connectivity index (χ3v) is 6.54. The number of rotatable bonds is 3. The van der Waals surface area contributed by atoms with Gasteiger partial charge in [0.05, 0.1) is 34.7 Å². The van der Waals surface area contributed by atoms with Crippen LogP contribution in [0.1, 0.15) is 25.7 Å². The zero-order valence-corrected chi connectivity index (χ0v) is 16.1. The Morgan fingerprint density at radius 2 is 1.83 bits per heavy atom.